The lowest BCUT2D eigenvalue weighted by molar-refractivity contribution is -0.108. The maximum absolute atomic E-state index is 11.2. The van der Waals surface area contributed by atoms with Crippen LogP contribution >= 0.6 is 0 Å². The van der Waals surface area contributed by atoms with Crippen molar-refractivity contribution in [1.29, 1.82) is 0 Å². The molecule has 0 aromatic heterocycles. The van der Waals surface area contributed by atoms with Gasteiger partial charge in [0, 0.05) is 5.39 Å². The van der Waals surface area contributed by atoms with Crippen molar-refractivity contribution in [1.82, 2.24) is 5.32 Å². The number of anilines is 1. The molecule has 0 heterocycles. The number of imide groups is 1. The van der Waals surface area contributed by atoms with Crippen molar-refractivity contribution in [3.63, 3.8) is 0 Å². The van der Waals surface area contributed by atoms with Gasteiger partial charge in [0.1, 0.15) is 0 Å². The van der Waals surface area contributed by atoms with E-state index in [1.165, 1.54) is 0 Å². The number of hydrogen-bond donors (Lipinski definition) is 2. The summed E-state index contributed by atoms with van der Waals surface area (Å²) in [6.07, 6.45) is 0.348. The molecule has 0 saturated carbocycles. The first-order chi connectivity index (χ1) is 7.81. The van der Waals surface area contributed by atoms with E-state index < -0.39 is 6.03 Å². The quantitative estimate of drug-likeness (QED) is 0.752. The molecule has 4 heteroatoms. The molecule has 80 valence electrons. The highest BCUT2D eigenvalue weighted by Crippen LogP contribution is 2.22. The summed E-state index contributed by atoms with van der Waals surface area (Å²) >= 11 is 0. The molecule has 0 unspecified atom stereocenters. The molecule has 2 aromatic carbocycles. The average Bonchev–Trinajstić information content (AvgIpc) is 2.30. The van der Waals surface area contributed by atoms with E-state index in [1.807, 2.05) is 41.7 Å². The molecular formula is C12H10N2O2. The van der Waals surface area contributed by atoms with Gasteiger partial charge >= 0.3 is 6.03 Å². The molecule has 0 fully saturated rings. The predicted octanol–water partition coefficient (Wildman–Crippen LogP) is 2.12. The summed E-state index contributed by atoms with van der Waals surface area (Å²) in [7, 11) is 0. The van der Waals surface area contributed by atoms with Crippen LogP contribution in [0.15, 0.2) is 42.5 Å². The predicted molar refractivity (Wildman–Crippen MR) is 62.2 cm³/mol. The summed E-state index contributed by atoms with van der Waals surface area (Å²) in [6.45, 7) is 0. The SMILES string of the molecule is O=CNC(=O)Nc1cccc2ccccc12. The van der Waals surface area contributed by atoms with Gasteiger partial charge in [-0.3, -0.25) is 10.1 Å². The standard InChI is InChI=1S/C12H10N2O2/c15-8-13-12(16)14-11-7-3-5-9-4-1-2-6-10(9)11/h1-8H,(H2,13,14,15,16). The minimum absolute atomic E-state index is 0.348. The molecule has 0 aliphatic carbocycles. The minimum atomic E-state index is -0.536. The topological polar surface area (TPSA) is 58.2 Å². The maximum atomic E-state index is 11.2. The van der Waals surface area contributed by atoms with Gasteiger partial charge in [-0.1, -0.05) is 36.4 Å². The second kappa shape index (κ2) is 4.44. The number of rotatable bonds is 2. The van der Waals surface area contributed by atoms with Gasteiger partial charge in [0.25, 0.3) is 0 Å². The van der Waals surface area contributed by atoms with Crippen molar-refractivity contribution >= 4 is 28.9 Å². The molecule has 3 amide bonds. The number of benzene rings is 2. The molecule has 0 spiro atoms. The molecule has 0 bridgehead atoms. The Balaban J connectivity index is 2.37. The van der Waals surface area contributed by atoms with E-state index in [4.69, 9.17) is 0 Å². The summed E-state index contributed by atoms with van der Waals surface area (Å²) in [5, 5.41) is 6.60. The summed E-state index contributed by atoms with van der Waals surface area (Å²) < 4.78 is 0. The monoisotopic (exact) mass is 214 g/mol. The van der Waals surface area contributed by atoms with E-state index in [0.717, 1.165) is 10.8 Å². The fraction of sp³-hybridized carbons (Fsp3) is 0. The Kier molecular flexibility index (Phi) is 2.82. The zero-order valence-electron chi connectivity index (χ0n) is 8.44. The molecule has 0 atom stereocenters. The molecule has 2 N–H and O–H groups in total. The first-order valence-corrected chi connectivity index (χ1v) is 4.80. The zero-order valence-corrected chi connectivity index (χ0v) is 8.44. The van der Waals surface area contributed by atoms with Gasteiger partial charge in [-0.15, -0.1) is 0 Å². The molecule has 0 aliphatic heterocycles. The maximum Gasteiger partial charge on any atom is 0.325 e. The van der Waals surface area contributed by atoms with Crippen molar-refractivity contribution in [2.75, 3.05) is 5.32 Å². The third-order valence-corrected chi connectivity index (χ3v) is 2.23. The second-order valence-electron chi connectivity index (χ2n) is 3.24. The highest BCUT2D eigenvalue weighted by molar-refractivity contribution is 6.03. The highest BCUT2D eigenvalue weighted by atomic mass is 16.2. The molecule has 2 aromatic rings. The summed E-state index contributed by atoms with van der Waals surface area (Å²) in [6, 6.07) is 12.7. The molecule has 0 radical (unpaired) electrons. The van der Waals surface area contributed by atoms with Gasteiger partial charge < -0.3 is 5.32 Å². The molecule has 4 nitrogen and oxygen atoms in total. The van der Waals surface area contributed by atoms with E-state index >= 15 is 0 Å². The van der Waals surface area contributed by atoms with Crippen LogP contribution in [0.2, 0.25) is 0 Å². The fourth-order valence-electron chi connectivity index (χ4n) is 1.55. The Morgan fingerprint density at radius 1 is 1.06 bits per heavy atom. The number of urea groups is 1. The van der Waals surface area contributed by atoms with Crippen molar-refractivity contribution in [3.8, 4) is 0 Å². The van der Waals surface area contributed by atoms with Crippen LogP contribution in [0.5, 0.6) is 0 Å². The number of hydrogen-bond acceptors (Lipinski definition) is 2. The largest absolute Gasteiger partial charge is 0.325 e. The van der Waals surface area contributed by atoms with Crippen molar-refractivity contribution in [3.05, 3.63) is 42.5 Å². The third kappa shape index (κ3) is 2.00. The average molecular weight is 214 g/mol. The lowest BCUT2D eigenvalue weighted by Gasteiger charge is -2.07. The van der Waals surface area contributed by atoms with Crippen LogP contribution in [0.1, 0.15) is 0 Å². The van der Waals surface area contributed by atoms with Gasteiger partial charge in [-0.25, -0.2) is 4.79 Å². The van der Waals surface area contributed by atoms with Crippen LogP contribution in [-0.4, -0.2) is 12.4 Å². The summed E-state index contributed by atoms with van der Waals surface area (Å²) in [4.78, 5) is 21.3. The van der Waals surface area contributed by atoms with Crippen molar-refractivity contribution in [2.24, 2.45) is 0 Å². The van der Waals surface area contributed by atoms with Crippen LogP contribution in [0.3, 0.4) is 0 Å². The minimum Gasteiger partial charge on any atom is -0.307 e. The van der Waals surface area contributed by atoms with Crippen LogP contribution in [0.25, 0.3) is 10.8 Å². The zero-order chi connectivity index (χ0) is 11.4. The van der Waals surface area contributed by atoms with Crippen LogP contribution < -0.4 is 10.6 Å². The number of carbonyl (C=O) groups excluding carboxylic acids is 2. The fourth-order valence-corrected chi connectivity index (χ4v) is 1.55. The van der Waals surface area contributed by atoms with Gasteiger partial charge in [-0.05, 0) is 11.5 Å². The Morgan fingerprint density at radius 3 is 2.62 bits per heavy atom. The van der Waals surface area contributed by atoms with Crippen LogP contribution in [-0.2, 0) is 4.79 Å². The first kappa shape index (κ1) is 10.2. The van der Waals surface area contributed by atoms with E-state index in [2.05, 4.69) is 5.32 Å². The lowest BCUT2D eigenvalue weighted by atomic mass is 10.1. The third-order valence-electron chi connectivity index (χ3n) is 2.23. The van der Waals surface area contributed by atoms with Crippen molar-refractivity contribution < 1.29 is 9.59 Å². The molecule has 2 rings (SSSR count). The van der Waals surface area contributed by atoms with E-state index in [0.29, 0.717) is 12.1 Å². The smallest absolute Gasteiger partial charge is 0.307 e. The molecule has 16 heavy (non-hydrogen) atoms. The van der Waals surface area contributed by atoms with Crippen LogP contribution in [0.4, 0.5) is 10.5 Å². The Bertz CT molecular complexity index is 532. The Hall–Kier alpha value is -2.36. The van der Waals surface area contributed by atoms with Gasteiger partial charge in [0.2, 0.25) is 6.41 Å². The second-order valence-corrected chi connectivity index (χ2v) is 3.24. The molecular weight excluding hydrogens is 204 g/mol. The highest BCUT2D eigenvalue weighted by Gasteiger charge is 2.03. The Labute approximate surface area is 92.3 Å². The van der Waals surface area contributed by atoms with E-state index in [-0.39, 0.29) is 0 Å². The van der Waals surface area contributed by atoms with Crippen molar-refractivity contribution in [2.45, 2.75) is 0 Å². The van der Waals surface area contributed by atoms with Crippen LogP contribution in [0, 0.1) is 0 Å². The summed E-state index contributed by atoms with van der Waals surface area (Å²) in [5.41, 5.74) is 0.678. The number of fused-ring (bicyclic) bond motifs is 1. The normalized spacial score (nSPS) is 9.75. The Morgan fingerprint density at radius 2 is 1.81 bits per heavy atom. The first-order valence-electron chi connectivity index (χ1n) is 4.80. The number of amides is 3. The van der Waals surface area contributed by atoms with Gasteiger partial charge in [-0.2, -0.15) is 0 Å². The molecule has 0 aliphatic rings. The number of nitrogens with one attached hydrogen (secondary N) is 2. The number of carbonyl (C=O) groups is 2. The van der Waals surface area contributed by atoms with Gasteiger partial charge in [0.05, 0.1) is 5.69 Å². The van der Waals surface area contributed by atoms with Gasteiger partial charge in [0.15, 0.2) is 0 Å². The van der Waals surface area contributed by atoms with E-state index in [9.17, 15) is 9.59 Å². The molecule has 0 saturated heterocycles. The van der Waals surface area contributed by atoms with E-state index in [1.54, 1.807) is 6.07 Å². The lowest BCUT2D eigenvalue weighted by Crippen LogP contribution is -2.27. The summed E-state index contributed by atoms with van der Waals surface area (Å²) in [5.74, 6) is 0.